The van der Waals surface area contributed by atoms with Crippen molar-refractivity contribution in [2.75, 3.05) is 13.7 Å². The summed E-state index contributed by atoms with van der Waals surface area (Å²) < 4.78 is 11.1. The number of hydrogen-bond acceptors (Lipinski definition) is 2. The van der Waals surface area contributed by atoms with Gasteiger partial charge in [0.2, 0.25) is 0 Å². The van der Waals surface area contributed by atoms with Crippen LogP contribution in [0.1, 0.15) is 43.0 Å². The number of rotatable bonds is 5. The summed E-state index contributed by atoms with van der Waals surface area (Å²) in [7, 11) is 1.65. The number of alkyl halides is 1. The molecule has 0 radical (unpaired) electrons. The molecule has 0 N–H and O–H groups in total. The summed E-state index contributed by atoms with van der Waals surface area (Å²) in [5.74, 6) is 0.800. The van der Waals surface area contributed by atoms with Crippen molar-refractivity contribution in [1.29, 1.82) is 0 Å². The first kappa shape index (κ1) is 15.0. The van der Waals surface area contributed by atoms with Crippen LogP contribution in [-0.4, -0.2) is 19.8 Å². The summed E-state index contributed by atoms with van der Waals surface area (Å²) in [6.07, 6.45) is 5.82. The van der Waals surface area contributed by atoms with Gasteiger partial charge in [0.25, 0.3) is 0 Å². The van der Waals surface area contributed by atoms with Crippen molar-refractivity contribution in [2.24, 2.45) is 0 Å². The summed E-state index contributed by atoms with van der Waals surface area (Å²) in [6.45, 7) is 0.887. The first-order valence-corrected chi connectivity index (χ1v) is 7.61. The molecule has 0 bridgehead atoms. The second kappa shape index (κ2) is 7.37. The highest BCUT2D eigenvalue weighted by molar-refractivity contribution is 6.30. The van der Waals surface area contributed by atoms with Crippen molar-refractivity contribution >= 4 is 23.2 Å². The van der Waals surface area contributed by atoms with Gasteiger partial charge >= 0.3 is 0 Å². The monoisotopic (exact) mass is 302 g/mol. The fraction of sp³-hybridized carbons (Fsp3) is 0.600. The molecule has 1 saturated heterocycles. The highest BCUT2D eigenvalue weighted by atomic mass is 35.5. The van der Waals surface area contributed by atoms with Crippen molar-refractivity contribution in [3.63, 3.8) is 0 Å². The van der Waals surface area contributed by atoms with Crippen LogP contribution in [0.5, 0.6) is 5.75 Å². The van der Waals surface area contributed by atoms with Crippen LogP contribution in [-0.2, 0) is 4.74 Å². The van der Waals surface area contributed by atoms with Gasteiger partial charge in [0.1, 0.15) is 5.75 Å². The molecule has 1 aliphatic heterocycles. The van der Waals surface area contributed by atoms with Crippen molar-refractivity contribution in [3.8, 4) is 5.75 Å². The van der Waals surface area contributed by atoms with Crippen molar-refractivity contribution in [2.45, 2.75) is 43.6 Å². The molecule has 4 heteroatoms. The zero-order chi connectivity index (χ0) is 13.7. The van der Waals surface area contributed by atoms with Crippen LogP contribution in [0.4, 0.5) is 0 Å². The molecule has 2 atom stereocenters. The first-order valence-electron chi connectivity index (χ1n) is 6.80. The predicted octanol–water partition coefficient (Wildman–Crippen LogP) is 4.98. The third kappa shape index (κ3) is 4.27. The molecular weight excluding hydrogens is 283 g/mol. The van der Waals surface area contributed by atoms with Crippen LogP contribution in [0, 0.1) is 0 Å². The maximum Gasteiger partial charge on any atom is 0.123 e. The molecule has 1 aromatic rings. The van der Waals surface area contributed by atoms with Gasteiger partial charge in [0, 0.05) is 17.2 Å². The predicted molar refractivity (Wildman–Crippen MR) is 79.4 cm³/mol. The van der Waals surface area contributed by atoms with Gasteiger partial charge in [-0.2, -0.15) is 0 Å². The minimum absolute atomic E-state index is 0.0841. The van der Waals surface area contributed by atoms with Crippen molar-refractivity contribution < 1.29 is 9.47 Å². The first-order chi connectivity index (χ1) is 9.20. The quantitative estimate of drug-likeness (QED) is 0.714. The molecule has 0 saturated carbocycles. The Morgan fingerprint density at radius 1 is 1.42 bits per heavy atom. The Morgan fingerprint density at radius 3 is 2.95 bits per heavy atom. The smallest absolute Gasteiger partial charge is 0.123 e. The molecule has 0 spiro atoms. The highest BCUT2D eigenvalue weighted by Gasteiger charge is 2.19. The third-order valence-electron chi connectivity index (χ3n) is 3.55. The Bertz CT molecular complexity index is 403. The van der Waals surface area contributed by atoms with Gasteiger partial charge < -0.3 is 9.47 Å². The largest absolute Gasteiger partial charge is 0.496 e. The fourth-order valence-corrected chi connectivity index (χ4v) is 2.95. The van der Waals surface area contributed by atoms with Gasteiger partial charge in [-0.1, -0.05) is 11.6 Å². The second-order valence-corrected chi connectivity index (χ2v) is 5.88. The number of halogens is 2. The fourth-order valence-electron chi connectivity index (χ4n) is 2.47. The van der Waals surface area contributed by atoms with Gasteiger partial charge in [0.05, 0.1) is 18.6 Å². The molecule has 106 valence electrons. The van der Waals surface area contributed by atoms with E-state index in [1.165, 1.54) is 12.8 Å². The Labute approximate surface area is 125 Å². The van der Waals surface area contributed by atoms with E-state index in [2.05, 4.69) is 0 Å². The SMILES string of the molecule is COc1ccc(Cl)cc1C(Cl)CCC1CCCCO1. The average Bonchev–Trinajstić information content (AvgIpc) is 2.46. The topological polar surface area (TPSA) is 18.5 Å². The van der Waals surface area contributed by atoms with E-state index in [1.54, 1.807) is 7.11 Å². The Hall–Kier alpha value is -0.440. The van der Waals surface area contributed by atoms with E-state index >= 15 is 0 Å². The molecule has 19 heavy (non-hydrogen) atoms. The van der Waals surface area contributed by atoms with E-state index in [0.29, 0.717) is 11.1 Å². The highest BCUT2D eigenvalue weighted by Crippen LogP contribution is 2.36. The molecular formula is C15H20Cl2O2. The summed E-state index contributed by atoms with van der Waals surface area (Å²) in [5, 5.41) is 0.606. The van der Waals surface area contributed by atoms with E-state index in [0.717, 1.165) is 37.2 Å². The second-order valence-electron chi connectivity index (χ2n) is 4.92. The van der Waals surface area contributed by atoms with E-state index in [-0.39, 0.29) is 5.38 Å². The Kier molecular flexibility index (Phi) is 5.80. The van der Waals surface area contributed by atoms with Crippen LogP contribution >= 0.6 is 23.2 Å². The minimum Gasteiger partial charge on any atom is -0.496 e. The van der Waals surface area contributed by atoms with Crippen LogP contribution in [0.25, 0.3) is 0 Å². The lowest BCUT2D eigenvalue weighted by molar-refractivity contribution is 0.00998. The van der Waals surface area contributed by atoms with Crippen molar-refractivity contribution in [1.82, 2.24) is 0 Å². The Morgan fingerprint density at radius 2 is 2.26 bits per heavy atom. The van der Waals surface area contributed by atoms with Crippen LogP contribution < -0.4 is 4.74 Å². The van der Waals surface area contributed by atoms with Gasteiger partial charge in [0.15, 0.2) is 0 Å². The summed E-state index contributed by atoms with van der Waals surface area (Å²) >= 11 is 12.5. The van der Waals surface area contributed by atoms with E-state index in [1.807, 2.05) is 18.2 Å². The molecule has 0 aromatic heterocycles. The van der Waals surface area contributed by atoms with Crippen LogP contribution in [0.15, 0.2) is 18.2 Å². The number of ether oxygens (including phenoxy) is 2. The van der Waals surface area contributed by atoms with Crippen LogP contribution in [0.3, 0.4) is 0 Å². The van der Waals surface area contributed by atoms with Gasteiger partial charge in [-0.3, -0.25) is 0 Å². The molecule has 2 nitrogen and oxygen atoms in total. The molecule has 2 rings (SSSR count). The lowest BCUT2D eigenvalue weighted by Crippen LogP contribution is -2.19. The zero-order valence-electron chi connectivity index (χ0n) is 11.2. The van der Waals surface area contributed by atoms with Gasteiger partial charge in [-0.05, 0) is 50.3 Å². The summed E-state index contributed by atoms with van der Waals surface area (Å²) in [4.78, 5) is 0. The molecule has 1 aromatic carbocycles. The lowest BCUT2D eigenvalue weighted by atomic mass is 10.0. The van der Waals surface area contributed by atoms with Gasteiger partial charge in [-0.25, -0.2) is 0 Å². The maximum atomic E-state index is 6.49. The standard InChI is InChI=1S/C15H20Cl2O2/c1-18-15-8-5-11(16)10-13(15)14(17)7-6-12-4-2-3-9-19-12/h5,8,10,12,14H,2-4,6-7,9H2,1H3. The van der Waals surface area contributed by atoms with E-state index < -0.39 is 0 Å². The molecule has 1 heterocycles. The summed E-state index contributed by atoms with van der Waals surface area (Å²) in [5.41, 5.74) is 0.965. The molecule has 0 amide bonds. The lowest BCUT2D eigenvalue weighted by Gasteiger charge is -2.23. The Balaban J connectivity index is 1.94. The molecule has 0 aliphatic carbocycles. The number of methoxy groups -OCH3 is 1. The third-order valence-corrected chi connectivity index (χ3v) is 4.23. The molecule has 2 unspecified atom stereocenters. The summed E-state index contributed by atoms with van der Waals surface area (Å²) in [6, 6.07) is 5.57. The van der Waals surface area contributed by atoms with Crippen LogP contribution in [0.2, 0.25) is 5.02 Å². The number of benzene rings is 1. The zero-order valence-corrected chi connectivity index (χ0v) is 12.7. The molecule has 1 fully saturated rings. The van der Waals surface area contributed by atoms with E-state index in [9.17, 15) is 0 Å². The maximum absolute atomic E-state index is 6.49. The van der Waals surface area contributed by atoms with E-state index in [4.69, 9.17) is 32.7 Å². The van der Waals surface area contributed by atoms with Crippen molar-refractivity contribution in [3.05, 3.63) is 28.8 Å². The molecule has 1 aliphatic rings. The van der Waals surface area contributed by atoms with Gasteiger partial charge in [-0.15, -0.1) is 11.6 Å². The normalized spacial score (nSPS) is 21.1. The number of hydrogen-bond donors (Lipinski definition) is 0. The average molecular weight is 303 g/mol. The minimum atomic E-state index is -0.0841.